The molecule has 0 saturated carbocycles. The van der Waals surface area contributed by atoms with Crippen molar-refractivity contribution in [3.8, 4) is 0 Å². The van der Waals surface area contributed by atoms with Crippen LogP contribution in [-0.2, 0) is 14.0 Å². The van der Waals surface area contributed by atoms with E-state index in [0.29, 0.717) is 17.6 Å². The van der Waals surface area contributed by atoms with Crippen LogP contribution in [0.1, 0.15) is 59.8 Å². The second kappa shape index (κ2) is 7.77. The minimum absolute atomic E-state index is 0.0150. The van der Waals surface area contributed by atoms with E-state index in [4.69, 9.17) is 9.16 Å². The third-order valence-electron chi connectivity index (χ3n) is 5.14. The van der Waals surface area contributed by atoms with Crippen LogP contribution in [0.25, 0.3) is 0 Å². The van der Waals surface area contributed by atoms with Gasteiger partial charge in [-0.15, -0.1) is 0 Å². The van der Waals surface area contributed by atoms with Gasteiger partial charge in [0.2, 0.25) is 0 Å². The fraction of sp³-hybridized carbons (Fsp3) is 0.941. The number of hydrogen-bond acceptors (Lipinski definition) is 3. The predicted molar refractivity (Wildman–Crippen MR) is 89.8 cm³/mol. The molecule has 1 fully saturated rings. The second-order valence-electron chi connectivity index (χ2n) is 8.06. The van der Waals surface area contributed by atoms with E-state index in [1.807, 2.05) is 6.92 Å². The first-order valence-electron chi connectivity index (χ1n) is 8.44. The smallest absolute Gasteiger partial charge is 0.308 e. The zero-order chi connectivity index (χ0) is 16.1. The van der Waals surface area contributed by atoms with Gasteiger partial charge in [-0.05, 0) is 43.3 Å². The molecule has 0 radical (unpaired) electrons. The number of rotatable bonds is 6. The summed E-state index contributed by atoms with van der Waals surface area (Å²) in [6.45, 7) is 14.9. The normalized spacial score (nSPS) is 24.6. The highest BCUT2D eigenvalue weighted by molar-refractivity contribution is 6.74. The molecule has 0 unspecified atom stereocenters. The Morgan fingerprint density at radius 1 is 1.29 bits per heavy atom. The first-order valence-corrected chi connectivity index (χ1v) is 11.3. The maximum absolute atomic E-state index is 11.5. The quantitative estimate of drug-likeness (QED) is 0.402. The molecular formula is C17H34O3Si. The Morgan fingerprint density at radius 3 is 2.57 bits per heavy atom. The lowest BCUT2D eigenvalue weighted by molar-refractivity contribution is -0.146. The van der Waals surface area contributed by atoms with Crippen LogP contribution < -0.4 is 0 Å². The topological polar surface area (TPSA) is 35.5 Å². The SMILES string of the molecule is C[C@H]1C[C@H](CCCCO[Si](C)(C)C(C)(C)C)CCOC1=O. The van der Waals surface area contributed by atoms with Gasteiger partial charge in [-0.1, -0.05) is 40.5 Å². The Balaban J connectivity index is 2.21. The number of ether oxygens (including phenoxy) is 1. The number of cyclic esters (lactones) is 1. The van der Waals surface area contributed by atoms with E-state index >= 15 is 0 Å². The lowest BCUT2D eigenvalue weighted by atomic mass is 9.90. The number of unbranched alkanes of at least 4 members (excludes halogenated alkanes) is 1. The van der Waals surface area contributed by atoms with Crippen molar-refractivity contribution in [2.24, 2.45) is 11.8 Å². The van der Waals surface area contributed by atoms with Gasteiger partial charge in [-0.25, -0.2) is 0 Å². The molecule has 4 heteroatoms. The molecule has 0 amide bonds. The standard InChI is InChI=1S/C17H34O3Si/c1-14-13-15(10-12-19-16(14)18)9-7-8-11-20-21(5,6)17(2,3)4/h14-15H,7-13H2,1-6H3/t14-,15+/m0/s1. The van der Waals surface area contributed by atoms with Crippen molar-refractivity contribution >= 4 is 14.3 Å². The van der Waals surface area contributed by atoms with E-state index in [2.05, 4.69) is 33.9 Å². The summed E-state index contributed by atoms with van der Waals surface area (Å²) in [6.07, 6.45) is 5.54. The van der Waals surface area contributed by atoms with Gasteiger partial charge in [-0.3, -0.25) is 4.79 Å². The lowest BCUT2D eigenvalue weighted by Crippen LogP contribution is -2.40. The van der Waals surface area contributed by atoms with Crippen LogP contribution in [0.4, 0.5) is 0 Å². The molecule has 1 aliphatic heterocycles. The van der Waals surface area contributed by atoms with E-state index in [9.17, 15) is 4.79 Å². The summed E-state index contributed by atoms with van der Waals surface area (Å²) in [6, 6.07) is 0. The molecule has 21 heavy (non-hydrogen) atoms. The minimum Gasteiger partial charge on any atom is -0.465 e. The molecule has 0 aliphatic carbocycles. The van der Waals surface area contributed by atoms with Crippen molar-refractivity contribution in [3.05, 3.63) is 0 Å². The summed E-state index contributed by atoms with van der Waals surface area (Å²) in [4.78, 5) is 11.5. The first-order chi connectivity index (χ1) is 9.63. The molecule has 124 valence electrons. The molecule has 1 rings (SSSR count). The highest BCUT2D eigenvalue weighted by Gasteiger charge is 2.36. The molecule has 0 aromatic rings. The van der Waals surface area contributed by atoms with Gasteiger partial charge in [0.1, 0.15) is 0 Å². The highest BCUT2D eigenvalue weighted by Crippen LogP contribution is 2.36. The lowest BCUT2D eigenvalue weighted by Gasteiger charge is -2.36. The molecule has 0 bridgehead atoms. The third-order valence-corrected chi connectivity index (χ3v) is 9.67. The zero-order valence-electron chi connectivity index (χ0n) is 14.8. The number of carbonyl (C=O) groups excluding carboxylic acids is 1. The van der Waals surface area contributed by atoms with E-state index in [1.165, 1.54) is 12.8 Å². The average Bonchev–Trinajstić information content (AvgIpc) is 2.50. The fourth-order valence-electron chi connectivity index (χ4n) is 2.52. The molecule has 2 atom stereocenters. The van der Waals surface area contributed by atoms with E-state index < -0.39 is 8.32 Å². The average molecular weight is 315 g/mol. The minimum atomic E-state index is -1.59. The number of esters is 1. The molecule has 0 aromatic carbocycles. The fourth-order valence-corrected chi connectivity index (χ4v) is 3.61. The third kappa shape index (κ3) is 6.11. The van der Waals surface area contributed by atoms with Crippen molar-refractivity contribution in [3.63, 3.8) is 0 Å². The van der Waals surface area contributed by atoms with Crippen LogP contribution in [0.15, 0.2) is 0 Å². The first kappa shape index (κ1) is 18.7. The van der Waals surface area contributed by atoms with Gasteiger partial charge in [0.25, 0.3) is 0 Å². The molecule has 1 aliphatic rings. The molecule has 0 aromatic heterocycles. The summed E-state index contributed by atoms with van der Waals surface area (Å²) < 4.78 is 11.4. The van der Waals surface area contributed by atoms with Crippen molar-refractivity contribution in [1.29, 1.82) is 0 Å². The van der Waals surface area contributed by atoms with Crippen LogP contribution in [-0.4, -0.2) is 27.5 Å². The van der Waals surface area contributed by atoms with E-state index in [0.717, 1.165) is 25.9 Å². The van der Waals surface area contributed by atoms with E-state index in [1.54, 1.807) is 0 Å². The summed E-state index contributed by atoms with van der Waals surface area (Å²) in [7, 11) is -1.59. The maximum atomic E-state index is 11.5. The second-order valence-corrected chi connectivity index (χ2v) is 12.9. The molecule has 3 nitrogen and oxygen atoms in total. The molecule has 0 N–H and O–H groups in total. The summed E-state index contributed by atoms with van der Waals surface area (Å²) in [5.74, 6) is 0.694. The van der Waals surface area contributed by atoms with Crippen molar-refractivity contribution in [2.45, 2.75) is 77.9 Å². The van der Waals surface area contributed by atoms with Gasteiger partial charge in [-0.2, -0.15) is 0 Å². The van der Waals surface area contributed by atoms with Crippen molar-refractivity contribution < 1.29 is 14.0 Å². The van der Waals surface area contributed by atoms with Crippen molar-refractivity contribution in [1.82, 2.24) is 0 Å². The van der Waals surface area contributed by atoms with Crippen LogP contribution in [0.2, 0.25) is 18.1 Å². The van der Waals surface area contributed by atoms with Gasteiger partial charge in [0.15, 0.2) is 8.32 Å². The van der Waals surface area contributed by atoms with Gasteiger partial charge >= 0.3 is 5.97 Å². The summed E-state index contributed by atoms with van der Waals surface area (Å²) >= 11 is 0. The molecule has 1 saturated heterocycles. The van der Waals surface area contributed by atoms with Gasteiger partial charge in [0, 0.05) is 6.61 Å². The van der Waals surface area contributed by atoms with Crippen LogP contribution in [0.5, 0.6) is 0 Å². The van der Waals surface area contributed by atoms with Crippen LogP contribution >= 0.6 is 0 Å². The van der Waals surface area contributed by atoms with Crippen LogP contribution in [0, 0.1) is 11.8 Å². The Morgan fingerprint density at radius 2 is 1.95 bits per heavy atom. The largest absolute Gasteiger partial charge is 0.465 e. The number of carbonyl (C=O) groups is 1. The Kier molecular flexibility index (Phi) is 6.92. The van der Waals surface area contributed by atoms with Gasteiger partial charge in [0.05, 0.1) is 12.5 Å². The number of hydrogen-bond donors (Lipinski definition) is 0. The summed E-state index contributed by atoms with van der Waals surface area (Å²) in [5.41, 5.74) is 0. The van der Waals surface area contributed by atoms with E-state index in [-0.39, 0.29) is 11.9 Å². The van der Waals surface area contributed by atoms with Crippen LogP contribution in [0.3, 0.4) is 0 Å². The summed E-state index contributed by atoms with van der Waals surface area (Å²) in [5, 5.41) is 0.293. The Labute approximate surface area is 131 Å². The molecular weight excluding hydrogens is 280 g/mol. The highest BCUT2D eigenvalue weighted by atomic mass is 28.4. The zero-order valence-corrected chi connectivity index (χ0v) is 15.8. The Bertz CT molecular complexity index is 333. The predicted octanol–water partition coefficient (Wildman–Crippen LogP) is 4.77. The monoisotopic (exact) mass is 314 g/mol. The van der Waals surface area contributed by atoms with Gasteiger partial charge < -0.3 is 9.16 Å². The van der Waals surface area contributed by atoms with Crippen molar-refractivity contribution in [2.75, 3.05) is 13.2 Å². The Hall–Kier alpha value is -0.353. The maximum Gasteiger partial charge on any atom is 0.308 e. The molecule has 0 spiro atoms. The molecule has 1 heterocycles.